The molecular formula is C15H21NO4. The fourth-order valence-corrected chi connectivity index (χ4v) is 2.76. The van der Waals surface area contributed by atoms with Crippen molar-refractivity contribution in [1.82, 2.24) is 4.90 Å². The fourth-order valence-electron chi connectivity index (χ4n) is 2.76. The molecule has 0 radical (unpaired) electrons. The molecule has 0 saturated carbocycles. The molecule has 0 bridgehead atoms. The number of para-hydroxylation sites is 1. The first kappa shape index (κ1) is 14.7. The maximum absolute atomic E-state index is 11.0. The van der Waals surface area contributed by atoms with Gasteiger partial charge in [-0.2, -0.15) is 0 Å². The number of phenolic OH excluding ortho intramolecular Hbond substituents is 1. The molecule has 5 nitrogen and oxygen atoms in total. The van der Waals surface area contributed by atoms with Gasteiger partial charge in [-0.25, -0.2) is 0 Å². The standard InChI is InChI=1S/C15H21NO4/c1-10-8-11(15(18)19)6-7-16(10)9-12-4-3-5-13(20-2)14(12)17/h3-5,10-11,17H,6-9H2,1-2H3,(H,18,19). The van der Waals surface area contributed by atoms with Crippen molar-refractivity contribution in [1.29, 1.82) is 0 Å². The molecule has 0 aromatic heterocycles. The zero-order chi connectivity index (χ0) is 14.7. The SMILES string of the molecule is COc1cccc(CN2CCC(C(=O)O)CC2C)c1O. The number of phenols is 1. The maximum Gasteiger partial charge on any atom is 0.306 e. The number of ether oxygens (including phenoxy) is 1. The van der Waals surface area contributed by atoms with Crippen molar-refractivity contribution in [3.8, 4) is 11.5 Å². The largest absolute Gasteiger partial charge is 0.504 e. The summed E-state index contributed by atoms with van der Waals surface area (Å²) in [5, 5.41) is 19.2. The fraction of sp³-hybridized carbons (Fsp3) is 0.533. The van der Waals surface area contributed by atoms with Gasteiger partial charge in [0.05, 0.1) is 13.0 Å². The summed E-state index contributed by atoms with van der Waals surface area (Å²) in [7, 11) is 1.53. The number of carboxylic acids is 1. The number of methoxy groups -OCH3 is 1. The van der Waals surface area contributed by atoms with E-state index in [1.165, 1.54) is 7.11 Å². The molecule has 1 aliphatic heterocycles. The Morgan fingerprint density at radius 1 is 1.50 bits per heavy atom. The highest BCUT2D eigenvalue weighted by Gasteiger charge is 2.30. The second-order valence-corrected chi connectivity index (χ2v) is 5.35. The van der Waals surface area contributed by atoms with Crippen LogP contribution in [0.4, 0.5) is 0 Å². The van der Waals surface area contributed by atoms with Crippen molar-refractivity contribution < 1.29 is 19.7 Å². The third-order valence-electron chi connectivity index (χ3n) is 4.04. The Balaban J connectivity index is 2.06. The van der Waals surface area contributed by atoms with E-state index in [0.717, 1.165) is 12.1 Å². The van der Waals surface area contributed by atoms with Crippen molar-refractivity contribution in [2.45, 2.75) is 32.4 Å². The van der Waals surface area contributed by atoms with Gasteiger partial charge in [0, 0.05) is 18.2 Å². The van der Waals surface area contributed by atoms with Crippen molar-refractivity contribution in [3.63, 3.8) is 0 Å². The van der Waals surface area contributed by atoms with Gasteiger partial charge in [-0.05, 0) is 32.4 Å². The van der Waals surface area contributed by atoms with Gasteiger partial charge >= 0.3 is 5.97 Å². The minimum absolute atomic E-state index is 0.169. The highest BCUT2D eigenvalue weighted by molar-refractivity contribution is 5.70. The molecule has 2 atom stereocenters. The number of rotatable bonds is 4. The number of carbonyl (C=O) groups is 1. The summed E-state index contributed by atoms with van der Waals surface area (Å²) in [6.45, 7) is 3.37. The number of piperidine rings is 1. The van der Waals surface area contributed by atoms with Gasteiger partial charge in [-0.1, -0.05) is 12.1 Å². The van der Waals surface area contributed by atoms with Crippen LogP contribution in [0.25, 0.3) is 0 Å². The van der Waals surface area contributed by atoms with E-state index in [2.05, 4.69) is 4.90 Å². The smallest absolute Gasteiger partial charge is 0.306 e. The van der Waals surface area contributed by atoms with Gasteiger partial charge in [-0.15, -0.1) is 0 Å². The molecule has 1 heterocycles. The van der Waals surface area contributed by atoms with Crippen LogP contribution in [-0.2, 0) is 11.3 Å². The lowest BCUT2D eigenvalue weighted by molar-refractivity contribution is -0.144. The zero-order valence-electron chi connectivity index (χ0n) is 11.9. The number of likely N-dealkylation sites (tertiary alicyclic amines) is 1. The van der Waals surface area contributed by atoms with Crippen LogP contribution in [0.2, 0.25) is 0 Å². The molecule has 5 heteroatoms. The lowest BCUT2D eigenvalue weighted by Gasteiger charge is -2.36. The minimum atomic E-state index is -0.708. The number of hydrogen-bond donors (Lipinski definition) is 2. The molecule has 1 aromatic carbocycles. The molecule has 1 aromatic rings. The first-order chi connectivity index (χ1) is 9.52. The zero-order valence-corrected chi connectivity index (χ0v) is 11.9. The van der Waals surface area contributed by atoms with Crippen molar-refractivity contribution >= 4 is 5.97 Å². The molecule has 110 valence electrons. The average Bonchev–Trinajstić information content (AvgIpc) is 2.43. The van der Waals surface area contributed by atoms with Crippen LogP contribution in [0.1, 0.15) is 25.3 Å². The van der Waals surface area contributed by atoms with E-state index in [9.17, 15) is 9.90 Å². The third kappa shape index (κ3) is 3.04. The molecule has 2 N–H and O–H groups in total. The van der Waals surface area contributed by atoms with Gasteiger partial charge in [-0.3, -0.25) is 9.69 Å². The van der Waals surface area contributed by atoms with Crippen molar-refractivity contribution in [2.24, 2.45) is 5.92 Å². The van der Waals surface area contributed by atoms with Gasteiger partial charge in [0.1, 0.15) is 0 Å². The van der Waals surface area contributed by atoms with Gasteiger partial charge in [0.15, 0.2) is 11.5 Å². The Labute approximate surface area is 118 Å². The van der Waals surface area contributed by atoms with Crippen LogP contribution in [0.15, 0.2) is 18.2 Å². The topological polar surface area (TPSA) is 70.0 Å². The predicted octanol–water partition coefficient (Wildman–Crippen LogP) is 2.09. The summed E-state index contributed by atoms with van der Waals surface area (Å²) in [6.07, 6.45) is 1.31. The summed E-state index contributed by atoms with van der Waals surface area (Å²) < 4.78 is 5.10. The molecule has 0 amide bonds. The Hall–Kier alpha value is -1.75. The number of benzene rings is 1. The third-order valence-corrected chi connectivity index (χ3v) is 4.04. The second kappa shape index (κ2) is 6.13. The monoisotopic (exact) mass is 279 g/mol. The van der Waals surface area contributed by atoms with E-state index in [0.29, 0.717) is 25.1 Å². The quantitative estimate of drug-likeness (QED) is 0.883. The predicted molar refractivity (Wildman–Crippen MR) is 74.9 cm³/mol. The molecule has 0 aliphatic carbocycles. The van der Waals surface area contributed by atoms with Crippen molar-refractivity contribution in [2.75, 3.05) is 13.7 Å². The molecule has 1 aliphatic rings. The van der Waals surface area contributed by atoms with E-state index in [1.54, 1.807) is 6.07 Å². The van der Waals surface area contributed by atoms with Crippen LogP contribution in [0.5, 0.6) is 11.5 Å². The number of nitrogens with zero attached hydrogens (tertiary/aromatic N) is 1. The average molecular weight is 279 g/mol. The molecule has 20 heavy (non-hydrogen) atoms. The van der Waals surface area contributed by atoms with Crippen LogP contribution in [-0.4, -0.2) is 40.8 Å². The van der Waals surface area contributed by atoms with E-state index in [1.807, 2.05) is 19.1 Å². The highest BCUT2D eigenvalue weighted by Crippen LogP contribution is 2.32. The number of aliphatic carboxylic acids is 1. The second-order valence-electron chi connectivity index (χ2n) is 5.35. The van der Waals surface area contributed by atoms with Crippen molar-refractivity contribution in [3.05, 3.63) is 23.8 Å². The molecular weight excluding hydrogens is 258 g/mol. The van der Waals surface area contributed by atoms with Crippen LogP contribution in [0.3, 0.4) is 0 Å². The van der Waals surface area contributed by atoms with Gasteiger partial charge in [0.25, 0.3) is 0 Å². The lowest BCUT2D eigenvalue weighted by Crippen LogP contribution is -2.42. The molecule has 0 spiro atoms. The number of aromatic hydroxyl groups is 1. The Morgan fingerprint density at radius 2 is 2.25 bits per heavy atom. The normalized spacial score (nSPS) is 23.5. The van der Waals surface area contributed by atoms with Crippen LogP contribution in [0, 0.1) is 5.92 Å². The van der Waals surface area contributed by atoms with E-state index in [-0.39, 0.29) is 17.7 Å². The first-order valence-corrected chi connectivity index (χ1v) is 6.84. The van der Waals surface area contributed by atoms with E-state index in [4.69, 9.17) is 9.84 Å². The number of carboxylic acid groups (broad SMARTS) is 1. The molecule has 1 fully saturated rings. The maximum atomic E-state index is 11.0. The van der Waals surface area contributed by atoms with Gasteiger partial charge < -0.3 is 14.9 Å². The van der Waals surface area contributed by atoms with E-state index < -0.39 is 5.97 Å². The Kier molecular flexibility index (Phi) is 4.49. The molecule has 2 unspecified atom stereocenters. The minimum Gasteiger partial charge on any atom is -0.504 e. The van der Waals surface area contributed by atoms with Crippen LogP contribution >= 0.6 is 0 Å². The Bertz CT molecular complexity index is 489. The van der Waals surface area contributed by atoms with Gasteiger partial charge in [0.2, 0.25) is 0 Å². The van der Waals surface area contributed by atoms with E-state index >= 15 is 0 Å². The summed E-state index contributed by atoms with van der Waals surface area (Å²) in [5.74, 6) is -0.320. The number of hydrogen-bond acceptors (Lipinski definition) is 4. The summed E-state index contributed by atoms with van der Waals surface area (Å²) >= 11 is 0. The summed E-state index contributed by atoms with van der Waals surface area (Å²) in [5.41, 5.74) is 0.810. The molecule has 1 saturated heterocycles. The lowest BCUT2D eigenvalue weighted by atomic mass is 9.91. The summed E-state index contributed by atoms with van der Waals surface area (Å²) in [4.78, 5) is 13.2. The first-order valence-electron chi connectivity index (χ1n) is 6.84. The van der Waals surface area contributed by atoms with Crippen LogP contribution < -0.4 is 4.74 Å². The highest BCUT2D eigenvalue weighted by atomic mass is 16.5. The Morgan fingerprint density at radius 3 is 2.85 bits per heavy atom. The summed E-state index contributed by atoms with van der Waals surface area (Å²) in [6, 6.07) is 5.63. The molecule has 2 rings (SSSR count).